The molecule has 1 aliphatic rings. The maximum Gasteiger partial charge on any atom is 0.254 e. The van der Waals surface area contributed by atoms with Gasteiger partial charge < -0.3 is 27.5 Å². The van der Waals surface area contributed by atoms with E-state index in [4.69, 9.17) is 16.9 Å². The SMILES string of the molecule is N=CI=NNc1cccc(Nc2nc(N[C@@H]3CCCC[C@@H]3N)ncc2C(N)=O)c1. The summed E-state index contributed by atoms with van der Waals surface area (Å²) in [6.07, 6.45) is 5.58. The highest BCUT2D eigenvalue weighted by Gasteiger charge is 2.23. The number of nitrogens with one attached hydrogen (secondary N) is 4. The third-order valence-electron chi connectivity index (χ3n) is 4.58. The predicted octanol–water partition coefficient (Wildman–Crippen LogP) is 3.09. The van der Waals surface area contributed by atoms with Crippen LogP contribution in [0, 0.1) is 5.41 Å². The Bertz CT molecular complexity index is 905. The van der Waals surface area contributed by atoms with Crippen LogP contribution in [0.3, 0.4) is 0 Å². The normalized spacial score (nSPS) is 19.2. The number of anilines is 4. The molecule has 0 spiro atoms. The molecule has 29 heavy (non-hydrogen) atoms. The molecule has 8 N–H and O–H groups in total. The van der Waals surface area contributed by atoms with E-state index in [2.05, 4.69) is 29.3 Å². The summed E-state index contributed by atoms with van der Waals surface area (Å²) in [5.74, 6) is 0.105. The quantitative estimate of drug-likeness (QED) is 0.181. The number of benzene rings is 1. The van der Waals surface area contributed by atoms with E-state index in [0.717, 1.165) is 31.4 Å². The highest BCUT2D eigenvalue weighted by molar-refractivity contribution is 14.2. The number of halogens is 1. The standard InChI is InChI=1S/C18H24IN9O/c20-10-19-28-27-12-5-3-4-11(8-12)24-17-13(16(22)29)9-23-18(26-17)25-15-7-2-1-6-14(15)21/h3-5,8-10,14-15,20,27H,1-2,6-7,21H2,(H2,22,29)(H2,23,24,25,26)/t14-,15+/m0/s1. The first kappa shape index (κ1) is 21.0. The first-order valence-corrected chi connectivity index (χ1v) is 11.4. The Morgan fingerprint density at radius 2 is 2.10 bits per heavy atom. The van der Waals surface area contributed by atoms with Crippen LogP contribution in [-0.4, -0.2) is 32.2 Å². The molecule has 1 fully saturated rings. The van der Waals surface area contributed by atoms with Crippen LogP contribution in [0.1, 0.15) is 36.0 Å². The first-order valence-electron chi connectivity index (χ1n) is 9.20. The molecule has 1 aromatic carbocycles. The Morgan fingerprint density at radius 3 is 2.86 bits per heavy atom. The van der Waals surface area contributed by atoms with Gasteiger partial charge in [0.1, 0.15) is 11.4 Å². The average Bonchev–Trinajstić information content (AvgIpc) is 2.70. The Hall–Kier alpha value is -2.67. The van der Waals surface area contributed by atoms with Gasteiger partial charge in [-0.15, -0.1) is 3.25 Å². The minimum Gasteiger partial charge on any atom is -0.365 e. The Kier molecular flexibility index (Phi) is 7.41. The van der Waals surface area contributed by atoms with Crippen LogP contribution >= 0.6 is 21.0 Å². The van der Waals surface area contributed by atoms with E-state index >= 15 is 0 Å². The van der Waals surface area contributed by atoms with E-state index < -0.39 is 26.9 Å². The van der Waals surface area contributed by atoms with Crippen LogP contribution in [0.2, 0.25) is 0 Å². The topological polar surface area (TPSA) is 167 Å². The minimum atomic E-state index is -0.654. The maximum absolute atomic E-state index is 11.8. The van der Waals surface area contributed by atoms with Crippen molar-refractivity contribution in [2.75, 3.05) is 16.1 Å². The Balaban J connectivity index is 1.81. The van der Waals surface area contributed by atoms with Gasteiger partial charge in [-0.1, -0.05) is 18.9 Å². The fraction of sp³-hybridized carbons (Fsp3) is 0.333. The van der Waals surface area contributed by atoms with Crippen molar-refractivity contribution < 1.29 is 4.79 Å². The summed E-state index contributed by atoms with van der Waals surface area (Å²) in [4.78, 5) is 20.5. The second-order valence-electron chi connectivity index (χ2n) is 6.63. The van der Waals surface area contributed by atoms with Gasteiger partial charge >= 0.3 is 0 Å². The van der Waals surface area contributed by atoms with Crippen molar-refractivity contribution in [2.45, 2.75) is 37.8 Å². The zero-order chi connectivity index (χ0) is 20.6. The number of aromatic nitrogens is 2. The molecule has 1 amide bonds. The molecule has 0 unspecified atom stereocenters. The second-order valence-corrected chi connectivity index (χ2v) is 8.29. The molecule has 1 aliphatic carbocycles. The molecule has 11 heteroatoms. The van der Waals surface area contributed by atoms with E-state index in [0.29, 0.717) is 17.5 Å². The number of carbonyl (C=O) groups is 1. The number of nitrogens with zero attached hydrogens (tertiary/aromatic N) is 3. The zero-order valence-corrected chi connectivity index (χ0v) is 17.9. The van der Waals surface area contributed by atoms with E-state index in [1.165, 1.54) is 10.4 Å². The number of nitrogens with two attached hydrogens (primary N) is 2. The second kappa shape index (κ2) is 10.2. The van der Waals surface area contributed by atoms with Gasteiger partial charge in [-0.05, 0) is 31.0 Å². The van der Waals surface area contributed by atoms with E-state index in [1.807, 2.05) is 24.3 Å². The Labute approximate surface area is 178 Å². The molecular formula is C18H24IN9O. The van der Waals surface area contributed by atoms with Gasteiger partial charge in [0.05, 0.1) is 30.9 Å². The highest BCUT2D eigenvalue weighted by atomic mass is 127. The molecule has 1 aromatic heterocycles. The third kappa shape index (κ3) is 5.90. The number of hydrogen-bond donors (Lipinski definition) is 6. The molecular weight excluding hydrogens is 485 g/mol. The van der Waals surface area contributed by atoms with Crippen molar-refractivity contribution in [2.24, 2.45) is 14.7 Å². The Morgan fingerprint density at radius 1 is 1.31 bits per heavy atom. The number of hydrogen-bond acceptors (Lipinski definition) is 9. The summed E-state index contributed by atoms with van der Waals surface area (Å²) in [5.41, 5.74) is 16.3. The summed E-state index contributed by atoms with van der Waals surface area (Å²) in [6.45, 7) is 0. The van der Waals surface area contributed by atoms with Crippen LogP contribution in [0.5, 0.6) is 0 Å². The lowest BCUT2D eigenvalue weighted by Gasteiger charge is -2.29. The number of amides is 1. The van der Waals surface area contributed by atoms with Crippen molar-refractivity contribution >= 4 is 54.3 Å². The average molecular weight is 509 g/mol. The summed E-state index contributed by atoms with van der Waals surface area (Å²) in [7, 11) is 0. The van der Waals surface area contributed by atoms with Crippen molar-refractivity contribution in [1.82, 2.24) is 9.97 Å². The van der Waals surface area contributed by atoms with Crippen LogP contribution in [0.15, 0.2) is 33.7 Å². The van der Waals surface area contributed by atoms with Crippen molar-refractivity contribution in [3.8, 4) is 0 Å². The molecule has 1 heterocycles. The van der Waals surface area contributed by atoms with Crippen molar-refractivity contribution in [3.05, 3.63) is 36.0 Å². The van der Waals surface area contributed by atoms with E-state index in [1.54, 1.807) is 0 Å². The van der Waals surface area contributed by atoms with Crippen molar-refractivity contribution in [3.63, 3.8) is 0 Å². The third-order valence-corrected chi connectivity index (χ3v) is 5.38. The van der Waals surface area contributed by atoms with Gasteiger partial charge in [0.2, 0.25) is 5.95 Å². The zero-order valence-electron chi connectivity index (χ0n) is 15.7. The molecule has 1 saturated carbocycles. The highest BCUT2D eigenvalue weighted by Crippen LogP contribution is 2.24. The van der Waals surface area contributed by atoms with Gasteiger partial charge in [-0.2, -0.15) is 4.98 Å². The number of rotatable bonds is 8. The summed E-state index contributed by atoms with van der Waals surface area (Å²) in [6, 6.07) is 7.52. The number of carbonyl (C=O) groups excluding carboxylic acids is 1. The molecule has 2 aromatic rings. The lowest BCUT2D eigenvalue weighted by Crippen LogP contribution is -2.43. The summed E-state index contributed by atoms with van der Waals surface area (Å²) in [5, 5.41) is 13.5. The van der Waals surface area contributed by atoms with E-state index in [-0.39, 0.29) is 17.6 Å². The smallest absolute Gasteiger partial charge is 0.254 e. The van der Waals surface area contributed by atoms with Gasteiger partial charge in [-0.25, -0.2) is 4.98 Å². The first-order chi connectivity index (χ1) is 14.1. The number of primary amides is 1. The fourth-order valence-corrected chi connectivity index (χ4v) is 3.69. The molecule has 10 nitrogen and oxygen atoms in total. The molecule has 0 radical (unpaired) electrons. The fourth-order valence-electron chi connectivity index (χ4n) is 3.13. The monoisotopic (exact) mass is 509 g/mol. The molecule has 0 saturated heterocycles. The van der Waals surface area contributed by atoms with Gasteiger partial charge in [0, 0.05) is 24.0 Å². The lowest BCUT2D eigenvalue weighted by molar-refractivity contribution is 0.100. The predicted molar refractivity (Wildman–Crippen MR) is 123 cm³/mol. The van der Waals surface area contributed by atoms with Crippen LogP contribution in [0.25, 0.3) is 0 Å². The lowest BCUT2D eigenvalue weighted by atomic mass is 9.91. The van der Waals surface area contributed by atoms with Crippen molar-refractivity contribution in [1.29, 1.82) is 5.41 Å². The van der Waals surface area contributed by atoms with Gasteiger partial charge in [0.25, 0.3) is 5.91 Å². The van der Waals surface area contributed by atoms with E-state index in [9.17, 15) is 4.79 Å². The molecule has 0 bridgehead atoms. The summed E-state index contributed by atoms with van der Waals surface area (Å²) < 4.78 is 5.41. The van der Waals surface area contributed by atoms with Crippen LogP contribution < -0.4 is 27.5 Å². The maximum atomic E-state index is 11.8. The molecule has 154 valence electrons. The van der Waals surface area contributed by atoms with Gasteiger partial charge in [0.15, 0.2) is 0 Å². The molecule has 2 atom stereocenters. The van der Waals surface area contributed by atoms with Gasteiger partial charge in [-0.3, -0.25) is 10.2 Å². The van der Waals surface area contributed by atoms with Crippen LogP contribution in [-0.2, 0) is 0 Å². The van der Waals surface area contributed by atoms with Crippen LogP contribution in [0.4, 0.5) is 23.1 Å². The summed E-state index contributed by atoms with van der Waals surface area (Å²) >= 11 is -0.654. The molecule has 3 rings (SSSR count). The largest absolute Gasteiger partial charge is 0.365 e. The minimum absolute atomic E-state index is 0.0508. The molecule has 0 aliphatic heterocycles.